The number of halogens is 2. The zero-order valence-electron chi connectivity index (χ0n) is 22.7. The Balaban J connectivity index is 1.93. The van der Waals surface area contributed by atoms with Gasteiger partial charge in [-0.1, -0.05) is 17.3 Å². The van der Waals surface area contributed by atoms with Crippen molar-refractivity contribution >= 4 is 59.9 Å². The summed E-state index contributed by atoms with van der Waals surface area (Å²) in [6.45, 7) is 9.24. The quantitative estimate of drug-likeness (QED) is 0.119. The molecule has 1 N–H and O–H groups in total. The second kappa shape index (κ2) is 11.7. The van der Waals surface area contributed by atoms with Crippen LogP contribution in [0.3, 0.4) is 0 Å². The molecule has 1 fully saturated rings. The molecule has 0 bridgehead atoms. The minimum absolute atomic E-state index is 0.0225. The number of β-lactam (4-membered cyclic amide) rings is 1. The molecule has 0 aromatic heterocycles. The van der Waals surface area contributed by atoms with Gasteiger partial charge in [-0.25, -0.2) is 14.0 Å². The maximum Gasteiger partial charge on any atom is 0.378 e. The van der Waals surface area contributed by atoms with E-state index < -0.39 is 68.7 Å². The number of esters is 1. The van der Waals surface area contributed by atoms with Gasteiger partial charge in [-0.2, -0.15) is 0 Å². The van der Waals surface area contributed by atoms with E-state index in [0.29, 0.717) is 5.56 Å². The highest BCUT2D eigenvalue weighted by Gasteiger charge is 2.57. The summed E-state index contributed by atoms with van der Waals surface area (Å²) in [6.07, 6.45) is 0. The zero-order valence-corrected chi connectivity index (χ0v) is 24.3. The highest BCUT2D eigenvalue weighted by molar-refractivity contribution is 7.86. The molecule has 2 amide bonds. The fourth-order valence-corrected chi connectivity index (χ4v) is 5.79. The van der Waals surface area contributed by atoms with Crippen molar-refractivity contribution in [2.45, 2.75) is 64.2 Å². The van der Waals surface area contributed by atoms with Gasteiger partial charge in [0, 0.05) is 11.4 Å². The maximum absolute atomic E-state index is 14.4. The Kier molecular flexibility index (Phi) is 9.14. The van der Waals surface area contributed by atoms with Crippen LogP contribution in [0.25, 0.3) is 0 Å². The Bertz CT molecular complexity index is 1340. The van der Waals surface area contributed by atoms with E-state index in [2.05, 4.69) is 15.1 Å². The fraction of sp³-hybridized carbons (Fsp3) is 0.480. The average molecular weight is 596 g/mol. The Morgan fingerprint density at radius 1 is 1.25 bits per heavy atom. The van der Waals surface area contributed by atoms with Gasteiger partial charge in [-0.3, -0.25) is 18.7 Å². The summed E-state index contributed by atoms with van der Waals surface area (Å²) in [5.41, 5.74) is -2.74. The van der Waals surface area contributed by atoms with E-state index in [1.54, 1.807) is 20.8 Å². The van der Waals surface area contributed by atoms with Gasteiger partial charge in [0.05, 0.1) is 16.6 Å². The van der Waals surface area contributed by atoms with Crippen LogP contribution in [0, 0.1) is 12.7 Å². The van der Waals surface area contributed by atoms with Crippen LogP contribution >= 0.6 is 11.6 Å². The minimum Gasteiger partial charge on any atom is -0.539 e. The van der Waals surface area contributed by atoms with Crippen LogP contribution in [0.15, 0.2) is 34.6 Å². The number of fused-ring (bicyclic) bond motifs is 1. The molecule has 11 nitrogen and oxygen atoms in total. The Morgan fingerprint density at radius 2 is 1.90 bits per heavy atom. The molecule has 0 saturated carbocycles. The van der Waals surface area contributed by atoms with Gasteiger partial charge < -0.3 is 19.5 Å². The summed E-state index contributed by atoms with van der Waals surface area (Å²) in [5.74, 6) is -4.61. The number of ether oxygens (including phenoxy) is 1. The highest BCUT2D eigenvalue weighted by atomic mass is 35.5. The summed E-state index contributed by atoms with van der Waals surface area (Å²) in [7, 11) is 3.24. The Hall–Kier alpha value is -3.26. The lowest BCUT2D eigenvalue weighted by Gasteiger charge is -2.49. The van der Waals surface area contributed by atoms with Crippen LogP contribution in [-0.4, -0.2) is 80.9 Å². The predicted molar refractivity (Wildman–Crippen MR) is 144 cm³/mol. The Labute approximate surface area is 239 Å². The minimum atomic E-state index is -1.76. The first-order valence-electron chi connectivity index (χ1n) is 12.0. The number of aryl methyl sites for hydroxylation is 1. The van der Waals surface area contributed by atoms with Gasteiger partial charge in [0.1, 0.15) is 28.5 Å². The van der Waals surface area contributed by atoms with Crippen molar-refractivity contribution in [3.05, 3.63) is 46.4 Å². The number of nitrogens with zero attached hydrogens (tertiary/aromatic N) is 2. The molecule has 2 heterocycles. The van der Waals surface area contributed by atoms with Crippen molar-refractivity contribution in [2.75, 3.05) is 11.6 Å². The van der Waals surface area contributed by atoms with Gasteiger partial charge in [-0.15, -0.1) is 11.6 Å². The molecule has 2 unspecified atom stereocenters. The van der Waals surface area contributed by atoms with E-state index in [-0.39, 0.29) is 28.5 Å². The number of carbonyl (C=O) groups is 4. The molecule has 3 atom stereocenters. The van der Waals surface area contributed by atoms with Crippen molar-refractivity contribution in [1.82, 2.24) is 10.2 Å². The summed E-state index contributed by atoms with van der Waals surface area (Å²) < 4.78 is 36.9. The zero-order chi connectivity index (χ0) is 30.2. The van der Waals surface area contributed by atoms with Crippen LogP contribution < -0.4 is 5.32 Å². The summed E-state index contributed by atoms with van der Waals surface area (Å²) in [5, 5.41) is 5.15. The smallest absolute Gasteiger partial charge is 0.378 e. The van der Waals surface area contributed by atoms with Gasteiger partial charge >= 0.3 is 20.0 Å². The Morgan fingerprint density at radius 3 is 2.45 bits per heavy atom. The van der Waals surface area contributed by atoms with Crippen LogP contribution in [-0.2, 0) is 44.2 Å². The lowest BCUT2D eigenvalue weighted by Crippen LogP contribution is -2.74. The second-order valence-corrected chi connectivity index (χ2v) is 12.4. The third-order valence-electron chi connectivity index (χ3n) is 5.87. The first kappa shape index (κ1) is 31.3. The lowest BCUT2D eigenvalue weighted by molar-refractivity contribution is -0.179. The topological polar surface area (TPSA) is 141 Å². The summed E-state index contributed by atoms with van der Waals surface area (Å²) in [6, 6.07) is 2.50. The molecule has 2 aliphatic heterocycles. The fourth-order valence-electron chi connectivity index (χ4n) is 3.77. The van der Waals surface area contributed by atoms with Crippen molar-refractivity contribution in [3.8, 4) is 0 Å². The number of alkyl halides is 1. The molecular formula is C25H28BClFN3O8S. The van der Waals surface area contributed by atoms with Crippen molar-refractivity contribution in [3.63, 3.8) is 0 Å². The van der Waals surface area contributed by atoms with Crippen LogP contribution in [0.5, 0.6) is 0 Å². The van der Waals surface area contributed by atoms with E-state index in [4.69, 9.17) is 29.2 Å². The first-order chi connectivity index (χ1) is 18.5. The van der Waals surface area contributed by atoms with Crippen LogP contribution in [0.2, 0.25) is 0 Å². The molecule has 1 saturated heterocycles. The van der Waals surface area contributed by atoms with Gasteiger partial charge in [0.15, 0.2) is 5.71 Å². The number of oxime groups is 1. The molecule has 1 aromatic carbocycles. The molecule has 0 aliphatic carbocycles. The number of hydrogen-bond acceptors (Lipinski definition) is 9. The highest BCUT2D eigenvalue weighted by Crippen LogP contribution is 2.35. The monoisotopic (exact) mass is 595 g/mol. The number of rotatable bonds is 8. The second-order valence-electron chi connectivity index (χ2n) is 10.6. The third-order valence-corrected chi connectivity index (χ3v) is 7.85. The van der Waals surface area contributed by atoms with E-state index in [1.807, 2.05) is 0 Å². The maximum atomic E-state index is 14.4. The van der Waals surface area contributed by atoms with E-state index in [9.17, 15) is 27.8 Å². The van der Waals surface area contributed by atoms with E-state index in [0.717, 1.165) is 11.0 Å². The number of carbonyl (C=O) groups excluding carboxylic acids is 4. The van der Waals surface area contributed by atoms with Gasteiger partial charge in [-0.05, 0) is 58.7 Å². The SMILES string of the molecule is [B]OC(=O)C1=C(CCl)CS(=O)[C@@H]2C(NC(=O)/C(=N\OC(C)(C)C(=O)OC(C)(C)C)c3ccc(C)c(F)c3)C(=O)N12. The normalized spacial score (nSPS) is 21.3. The molecule has 15 heteroatoms. The molecule has 2 radical (unpaired) electrons. The van der Waals surface area contributed by atoms with Crippen LogP contribution in [0.4, 0.5) is 4.39 Å². The summed E-state index contributed by atoms with van der Waals surface area (Å²) >= 11 is 5.87. The van der Waals surface area contributed by atoms with Crippen LogP contribution in [0.1, 0.15) is 45.7 Å². The molecule has 40 heavy (non-hydrogen) atoms. The van der Waals surface area contributed by atoms with Crippen molar-refractivity contribution < 1.29 is 42.0 Å². The lowest BCUT2D eigenvalue weighted by atomic mass is 10.0. The number of hydrogen-bond donors (Lipinski definition) is 1. The van der Waals surface area contributed by atoms with Crippen molar-refractivity contribution in [1.29, 1.82) is 0 Å². The number of benzene rings is 1. The van der Waals surface area contributed by atoms with E-state index >= 15 is 0 Å². The molecule has 214 valence electrons. The molecule has 1 aromatic rings. The molecule has 2 aliphatic rings. The molecule has 3 rings (SSSR count). The number of amides is 2. The average Bonchev–Trinajstić information content (AvgIpc) is 2.87. The molecular weight excluding hydrogens is 568 g/mol. The predicted octanol–water partition coefficient (Wildman–Crippen LogP) is 1.51. The van der Waals surface area contributed by atoms with E-state index in [1.165, 1.54) is 32.9 Å². The summed E-state index contributed by atoms with van der Waals surface area (Å²) in [4.78, 5) is 57.6. The molecule has 0 spiro atoms. The van der Waals surface area contributed by atoms with Gasteiger partial charge in [0.25, 0.3) is 11.8 Å². The standard InChI is InChI=1S/C25H28BClFN3O8S/c1-12-7-8-13(9-15(12)28)16(30-39-25(5,6)23(35)37-24(2,3)4)19(32)29-17-20(33)31-18(22(34)38-26)14(10-27)11-40(36)21(17)31/h7-9,17,21H,10-11H2,1-6H3,(H,29,32)/b30-16-/t17?,21-,40?/m1/s1. The largest absolute Gasteiger partial charge is 0.539 e. The first-order valence-corrected chi connectivity index (χ1v) is 13.9. The number of nitrogens with one attached hydrogen (secondary N) is 1. The third kappa shape index (κ3) is 6.38. The van der Waals surface area contributed by atoms with Gasteiger partial charge in [0.2, 0.25) is 5.60 Å². The van der Waals surface area contributed by atoms with Crippen molar-refractivity contribution in [2.24, 2.45) is 5.16 Å².